The highest BCUT2D eigenvalue weighted by Gasteiger charge is 2.11. The Bertz CT molecular complexity index is 711. The third-order valence-corrected chi connectivity index (χ3v) is 3.14. The molecule has 0 heterocycles. The van der Waals surface area contributed by atoms with Crippen molar-refractivity contribution in [2.45, 2.75) is 20.8 Å². The topological polar surface area (TPSA) is 37.3 Å². The van der Waals surface area contributed by atoms with Gasteiger partial charge in [-0.2, -0.15) is 0 Å². The first kappa shape index (κ1) is 15.8. The second-order valence-electron chi connectivity index (χ2n) is 6.28. The monoisotopic (exact) mass is 292 g/mol. The van der Waals surface area contributed by atoms with Crippen molar-refractivity contribution in [3.8, 4) is 11.1 Å². The minimum Gasteiger partial charge on any atom is -0.477 e. The summed E-state index contributed by atoms with van der Waals surface area (Å²) in [4.78, 5) is 11.5. The van der Waals surface area contributed by atoms with E-state index in [1.807, 2.05) is 75.4 Å². The number of carbonyl (C=O) groups is 1. The molecule has 0 amide bonds. The molecule has 0 aliphatic heterocycles. The predicted octanol–water partition coefficient (Wildman–Crippen LogP) is 5.02. The molecule has 0 aliphatic carbocycles. The van der Waals surface area contributed by atoms with Crippen LogP contribution in [-0.2, 0) is 4.79 Å². The second-order valence-corrected chi connectivity index (χ2v) is 6.28. The summed E-state index contributed by atoms with van der Waals surface area (Å²) in [6.45, 7) is 6.04. The Labute approximate surface area is 131 Å². The Morgan fingerprint density at radius 3 is 2.00 bits per heavy atom. The van der Waals surface area contributed by atoms with Gasteiger partial charge >= 0.3 is 5.97 Å². The standard InChI is InChI=1S/C20H20O2/c1-20(2,3)14-13-18(19(21)22)17-11-9-16(10-12-17)15-7-5-4-6-8-15/h4-12,14H,1-3H3,(H,21,22). The largest absolute Gasteiger partial charge is 0.477 e. The normalized spacial score (nSPS) is 10.7. The van der Waals surface area contributed by atoms with Gasteiger partial charge in [-0.15, -0.1) is 5.73 Å². The molecule has 0 spiro atoms. The Kier molecular flexibility index (Phi) is 4.65. The molecule has 0 saturated carbocycles. The number of carboxylic acids is 1. The average Bonchev–Trinajstić information content (AvgIpc) is 2.47. The van der Waals surface area contributed by atoms with Crippen molar-refractivity contribution in [1.82, 2.24) is 0 Å². The van der Waals surface area contributed by atoms with Gasteiger partial charge in [0.25, 0.3) is 0 Å². The zero-order valence-corrected chi connectivity index (χ0v) is 13.1. The maximum absolute atomic E-state index is 11.5. The van der Waals surface area contributed by atoms with E-state index in [1.54, 1.807) is 6.08 Å². The van der Waals surface area contributed by atoms with Crippen LogP contribution in [-0.4, -0.2) is 11.1 Å². The van der Waals surface area contributed by atoms with E-state index < -0.39 is 5.97 Å². The first-order chi connectivity index (χ1) is 10.4. The van der Waals surface area contributed by atoms with E-state index in [2.05, 4.69) is 5.73 Å². The number of rotatable bonds is 3. The molecule has 0 aliphatic rings. The molecule has 2 nitrogen and oxygen atoms in total. The second kappa shape index (κ2) is 6.46. The molecule has 2 aromatic carbocycles. The molecular formula is C20H20O2. The Morgan fingerprint density at radius 2 is 1.50 bits per heavy atom. The van der Waals surface area contributed by atoms with Crippen molar-refractivity contribution in [3.05, 3.63) is 72.0 Å². The molecule has 0 fully saturated rings. The first-order valence-corrected chi connectivity index (χ1v) is 7.24. The van der Waals surface area contributed by atoms with Crippen molar-refractivity contribution in [1.29, 1.82) is 0 Å². The minimum atomic E-state index is -0.965. The van der Waals surface area contributed by atoms with E-state index in [4.69, 9.17) is 0 Å². The van der Waals surface area contributed by atoms with Crippen LogP contribution in [0, 0.1) is 5.41 Å². The van der Waals surface area contributed by atoms with Crippen LogP contribution in [0.25, 0.3) is 16.7 Å². The van der Waals surface area contributed by atoms with Gasteiger partial charge in [-0.1, -0.05) is 75.4 Å². The fourth-order valence-corrected chi connectivity index (χ4v) is 2.02. The van der Waals surface area contributed by atoms with Crippen LogP contribution in [0.5, 0.6) is 0 Å². The summed E-state index contributed by atoms with van der Waals surface area (Å²) < 4.78 is 0. The van der Waals surface area contributed by atoms with Crippen LogP contribution >= 0.6 is 0 Å². The molecule has 2 heteroatoms. The van der Waals surface area contributed by atoms with E-state index in [0.717, 1.165) is 11.1 Å². The molecule has 22 heavy (non-hydrogen) atoms. The van der Waals surface area contributed by atoms with Gasteiger partial charge in [-0.05, 0) is 28.2 Å². The molecule has 0 radical (unpaired) electrons. The zero-order valence-electron chi connectivity index (χ0n) is 13.1. The molecule has 112 valence electrons. The van der Waals surface area contributed by atoms with Gasteiger partial charge in [0, 0.05) is 0 Å². The summed E-state index contributed by atoms with van der Waals surface area (Å²) >= 11 is 0. The number of carboxylic acid groups (broad SMARTS) is 1. The van der Waals surface area contributed by atoms with Gasteiger partial charge < -0.3 is 5.11 Å². The van der Waals surface area contributed by atoms with Gasteiger partial charge in [0.05, 0.1) is 0 Å². The van der Waals surface area contributed by atoms with Crippen LogP contribution in [0.4, 0.5) is 0 Å². The van der Waals surface area contributed by atoms with Crippen LogP contribution in [0.1, 0.15) is 26.3 Å². The summed E-state index contributed by atoms with van der Waals surface area (Å²) in [5.74, 6) is -0.965. The van der Waals surface area contributed by atoms with Gasteiger partial charge in [0.2, 0.25) is 0 Å². The van der Waals surface area contributed by atoms with E-state index in [0.29, 0.717) is 5.56 Å². The minimum absolute atomic E-state index is 0.106. The molecule has 2 aromatic rings. The molecule has 2 rings (SSSR count). The summed E-state index contributed by atoms with van der Waals surface area (Å²) in [5, 5.41) is 9.39. The Balaban J connectivity index is 2.40. The van der Waals surface area contributed by atoms with E-state index in [9.17, 15) is 9.90 Å². The molecule has 0 aromatic heterocycles. The van der Waals surface area contributed by atoms with E-state index >= 15 is 0 Å². The van der Waals surface area contributed by atoms with Crippen LogP contribution in [0.15, 0.2) is 66.4 Å². The van der Waals surface area contributed by atoms with Gasteiger partial charge in [0.15, 0.2) is 0 Å². The summed E-state index contributed by atoms with van der Waals surface area (Å²) in [6.07, 6.45) is 1.79. The average molecular weight is 292 g/mol. The zero-order chi connectivity index (χ0) is 16.2. The maximum atomic E-state index is 11.5. The van der Waals surface area contributed by atoms with Crippen molar-refractivity contribution < 1.29 is 9.90 Å². The van der Waals surface area contributed by atoms with Gasteiger partial charge in [-0.25, -0.2) is 4.79 Å². The maximum Gasteiger partial charge on any atom is 0.344 e. The molecule has 0 atom stereocenters. The van der Waals surface area contributed by atoms with Crippen molar-refractivity contribution in [2.75, 3.05) is 0 Å². The lowest BCUT2D eigenvalue weighted by Gasteiger charge is -2.09. The van der Waals surface area contributed by atoms with Crippen LogP contribution in [0.2, 0.25) is 0 Å². The third kappa shape index (κ3) is 4.21. The number of hydrogen-bond donors (Lipinski definition) is 1. The number of benzene rings is 2. The molecule has 0 saturated heterocycles. The van der Waals surface area contributed by atoms with E-state index in [1.165, 1.54) is 0 Å². The number of aliphatic carboxylic acids is 1. The smallest absolute Gasteiger partial charge is 0.344 e. The van der Waals surface area contributed by atoms with Gasteiger partial charge in [-0.3, -0.25) is 0 Å². The summed E-state index contributed by atoms with van der Waals surface area (Å²) in [7, 11) is 0. The first-order valence-electron chi connectivity index (χ1n) is 7.24. The lowest BCUT2D eigenvalue weighted by molar-refractivity contribution is -0.130. The van der Waals surface area contributed by atoms with E-state index in [-0.39, 0.29) is 11.0 Å². The highest BCUT2D eigenvalue weighted by atomic mass is 16.4. The van der Waals surface area contributed by atoms with Crippen molar-refractivity contribution in [2.24, 2.45) is 5.41 Å². The fraction of sp³-hybridized carbons (Fsp3) is 0.200. The molecule has 0 unspecified atom stereocenters. The summed E-state index contributed by atoms with van der Waals surface area (Å²) in [5.41, 5.74) is 5.84. The quantitative estimate of drug-likeness (QED) is 0.637. The SMILES string of the molecule is CC(C)(C)C=C=C(C(=O)O)c1ccc(-c2ccccc2)cc1. The Hall–Kier alpha value is -2.57. The highest BCUT2D eigenvalue weighted by molar-refractivity contribution is 6.15. The summed E-state index contributed by atoms with van der Waals surface area (Å²) in [6, 6.07) is 17.5. The lowest BCUT2D eigenvalue weighted by atomic mass is 9.95. The molecular weight excluding hydrogens is 272 g/mol. The van der Waals surface area contributed by atoms with Crippen LogP contribution in [0.3, 0.4) is 0 Å². The highest BCUT2D eigenvalue weighted by Crippen LogP contribution is 2.23. The van der Waals surface area contributed by atoms with Crippen molar-refractivity contribution in [3.63, 3.8) is 0 Å². The van der Waals surface area contributed by atoms with Crippen LogP contribution < -0.4 is 0 Å². The fourth-order valence-electron chi connectivity index (χ4n) is 2.02. The molecule has 0 bridgehead atoms. The third-order valence-electron chi connectivity index (χ3n) is 3.14. The lowest BCUT2D eigenvalue weighted by Crippen LogP contribution is -2.01. The molecule has 1 N–H and O–H groups in total. The van der Waals surface area contributed by atoms with Crippen molar-refractivity contribution >= 4 is 11.5 Å². The van der Waals surface area contributed by atoms with Gasteiger partial charge in [0.1, 0.15) is 5.57 Å². The predicted molar refractivity (Wildman–Crippen MR) is 90.5 cm³/mol. The Morgan fingerprint density at radius 1 is 0.955 bits per heavy atom. The number of hydrogen-bond acceptors (Lipinski definition) is 1.